The minimum absolute atomic E-state index is 0.0961. The normalized spacial score (nSPS) is 13.0. The summed E-state index contributed by atoms with van der Waals surface area (Å²) in [7, 11) is -3.67. The molecule has 0 aliphatic heterocycles. The Morgan fingerprint density at radius 1 is 1.29 bits per heavy atom. The number of carbonyl (C=O) groups excluding carboxylic acids is 1. The minimum atomic E-state index is -3.67. The number of hydrogen-bond acceptors (Lipinski definition) is 3. The van der Waals surface area contributed by atoms with Crippen LogP contribution in [0.3, 0.4) is 0 Å². The van der Waals surface area contributed by atoms with E-state index in [-0.39, 0.29) is 17.6 Å². The first-order valence-corrected chi connectivity index (χ1v) is 8.57. The summed E-state index contributed by atoms with van der Waals surface area (Å²) >= 11 is 0. The smallest absolute Gasteiger partial charge is 0.244 e. The number of nitrogens with zero attached hydrogens (tertiary/aromatic N) is 1. The van der Waals surface area contributed by atoms with Crippen molar-refractivity contribution in [1.82, 2.24) is 5.32 Å². The zero-order chi connectivity index (χ0) is 16.2. The molecule has 0 spiro atoms. The van der Waals surface area contributed by atoms with Gasteiger partial charge in [0.1, 0.15) is 11.9 Å². The molecule has 0 saturated heterocycles. The molecule has 1 amide bonds. The fourth-order valence-electron chi connectivity index (χ4n) is 2.03. The number of nitrogens with one attached hydrogen (secondary N) is 1. The van der Waals surface area contributed by atoms with Crippen LogP contribution in [0, 0.1) is 5.82 Å². The molecule has 0 radical (unpaired) electrons. The van der Waals surface area contributed by atoms with Crippen LogP contribution in [0.4, 0.5) is 10.1 Å². The Hall–Kier alpha value is -1.63. The summed E-state index contributed by atoms with van der Waals surface area (Å²) in [5, 5.41) is 2.71. The highest BCUT2D eigenvalue weighted by Crippen LogP contribution is 2.22. The van der Waals surface area contributed by atoms with Crippen LogP contribution < -0.4 is 9.62 Å². The third-order valence-electron chi connectivity index (χ3n) is 2.84. The number of amides is 1. The molecule has 0 aliphatic carbocycles. The standard InChI is InChI=1S/C14H21FN2O3S/c1-5-13(14(18)16-10(2)3)17(21(4,19)20)12-8-6-11(15)7-9-12/h6-10,13H,5H2,1-4H3,(H,16,18)/t13-/m1/s1. The molecule has 7 heteroatoms. The average molecular weight is 316 g/mol. The molecule has 118 valence electrons. The molecule has 1 atom stereocenters. The summed E-state index contributed by atoms with van der Waals surface area (Å²) in [6.07, 6.45) is 1.34. The predicted octanol–water partition coefficient (Wildman–Crippen LogP) is 1.89. The number of carbonyl (C=O) groups is 1. The van der Waals surface area contributed by atoms with Crippen LogP contribution in [0.15, 0.2) is 24.3 Å². The van der Waals surface area contributed by atoms with E-state index in [1.807, 2.05) is 0 Å². The van der Waals surface area contributed by atoms with Gasteiger partial charge in [-0.05, 0) is 44.5 Å². The Morgan fingerprint density at radius 3 is 2.19 bits per heavy atom. The molecule has 0 bridgehead atoms. The lowest BCUT2D eigenvalue weighted by molar-refractivity contribution is -0.122. The van der Waals surface area contributed by atoms with E-state index in [1.165, 1.54) is 24.3 Å². The molecule has 1 rings (SSSR count). The number of sulfonamides is 1. The van der Waals surface area contributed by atoms with Gasteiger partial charge < -0.3 is 5.32 Å². The fourth-order valence-corrected chi connectivity index (χ4v) is 3.24. The van der Waals surface area contributed by atoms with E-state index in [2.05, 4.69) is 5.32 Å². The Labute approximate surface area is 125 Å². The van der Waals surface area contributed by atoms with Crippen LogP contribution in [0.5, 0.6) is 0 Å². The fraction of sp³-hybridized carbons (Fsp3) is 0.500. The molecule has 5 nitrogen and oxygen atoms in total. The lowest BCUT2D eigenvalue weighted by atomic mass is 10.1. The molecular weight excluding hydrogens is 295 g/mol. The molecule has 0 fully saturated rings. The summed E-state index contributed by atoms with van der Waals surface area (Å²) in [4.78, 5) is 12.2. The first kappa shape index (κ1) is 17.4. The Balaban J connectivity index is 3.23. The summed E-state index contributed by atoms with van der Waals surface area (Å²) in [6.45, 7) is 5.33. The first-order chi connectivity index (χ1) is 9.66. The van der Waals surface area contributed by atoms with E-state index in [9.17, 15) is 17.6 Å². The van der Waals surface area contributed by atoms with Crippen LogP contribution in [0.1, 0.15) is 27.2 Å². The van der Waals surface area contributed by atoms with Crippen LogP contribution in [-0.2, 0) is 14.8 Å². The molecule has 1 aromatic rings. The molecule has 0 aromatic heterocycles. The number of rotatable bonds is 6. The van der Waals surface area contributed by atoms with Crippen molar-refractivity contribution in [2.45, 2.75) is 39.3 Å². The van der Waals surface area contributed by atoms with Crippen LogP contribution >= 0.6 is 0 Å². The van der Waals surface area contributed by atoms with E-state index >= 15 is 0 Å². The minimum Gasteiger partial charge on any atom is -0.352 e. The first-order valence-electron chi connectivity index (χ1n) is 6.72. The second kappa shape index (κ2) is 6.89. The van der Waals surface area contributed by atoms with Crippen molar-refractivity contribution in [3.63, 3.8) is 0 Å². The lowest BCUT2D eigenvalue weighted by Crippen LogP contribution is -2.50. The Bertz CT molecular complexity index is 585. The van der Waals surface area contributed by atoms with Gasteiger partial charge in [-0.1, -0.05) is 6.92 Å². The number of benzene rings is 1. The van der Waals surface area contributed by atoms with Crippen molar-refractivity contribution < 1.29 is 17.6 Å². The van der Waals surface area contributed by atoms with E-state index in [0.717, 1.165) is 10.6 Å². The summed E-state index contributed by atoms with van der Waals surface area (Å²) < 4.78 is 38.2. The maximum absolute atomic E-state index is 13.0. The van der Waals surface area contributed by atoms with Crippen molar-refractivity contribution in [3.05, 3.63) is 30.1 Å². The molecule has 0 unspecified atom stereocenters. The largest absolute Gasteiger partial charge is 0.352 e. The summed E-state index contributed by atoms with van der Waals surface area (Å²) in [6, 6.07) is 4.07. The monoisotopic (exact) mass is 316 g/mol. The van der Waals surface area contributed by atoms with Gasteiger partial charge in [-0.15, -0.1) is 0 Å². The number of anilines is 1. The van der Waals surface area contributed by atoms with Gasteiger partial charge in [0, 0.05) is 6.04 Å². The third kappa shape index (κ3) is 4.70. The van der Waals surface area contributed by atoms with Crippen molar-refractivity contribution in [3.8, 4) is 0 Å². The molecule has 0 saturated carbocycles. The van der Waals surface area contributed by atoms with Gasteiger partial charge >= 0.3 is 0 Å². The zero-order valence-corrected chi connectivity index (χ0v) is 13.4. The quantitative estimate of drug-likeness (QED) is 0.871. The van der Waals surface area contributed by atoms with Crippen molar-refractivity contribution in [2.75, 3.05) is 10.6 Å². The molecule has 0 heterocycles. The van der Waals surface area contributed by atoms with Gasteiger partial charge in [0.05, 0.1) is 11.9 Å². The zero-order valence-electron chi connectivity index (χ0n) is 12.6. The van der Waals surface area contributed by atoms with Gasteiger partial charge in [0.15, 0.2) is 0 Å². The van der Waals surface area contributed by atoms with Crippen molar-refractivity contribution in [2.24, 2.45) is 0 Å². The van der Waals surface area contributed by atoms with E-state index in [0.29, 0.717) is 6.42 Å². The second-order valence-electron chi connectivity index (χ2n) is 5.12. The topological polar surface area (TPSA) is 66.5 Å². The van der Waals surface area contributed by atoms with Crippen LogP contribution in [-0.4, -0.2) is 32.7 Å². The second-order valence-corrected chi connectivity index (χ2v) is 6.98. The Morgan fingerprint density at radius 2 is 1.81 bits per heavy atom. The maximum Gasteiger partial charge on any atom is 0.244 e. The van der Waals surface area contributed by atoms with Gasteiger partial charge in [-0.2, -0.15) is 0 Å². The molecular formula is C14H21FN2O3S. The van der Waals surface area contributed by atoms with Gasteiger partial charge in [-0.25, -0.2) is 12.8 Å². The highest BCUT2D eigenvalue weighted by molar-refractivity contribution is 7.92. The molecule has 1 N–H and O–H groups in total. The highest BCUT2D eigenvalue weighted by Gasteiger charge is 2.31. The Kier molecular flexibility index (Phi) is 5.71. The average Bonchev–Trinajstić information content (AvgIpc) is 2.34. The molecule has 1 aromatic carbocycles. The van der Waals surface area contributed by atoms with Crippen LogP contribution in [0.2, 0.25) is 0 Å². The van der Waals surface area contributed by atoms with Crippen LogP contribution in [0.25, 0.3) is 0 Å². The molecule has 0 aliphatic rings. The summed E-state index contributed by atoms with van der Waals surface area (Å²) in [5.41, 5.74) is 0.268. The number of hydrogen-bond donors (Lipinski definition) is 1. The number of halogens is 1. The van der Waals surface area contributed by atoms with Crippen molar-refractivity contribution >= 4 is 21.6 Å². The van der Waals surface area contributed by atoms with E-state index in [1.54, 1.807) is 20.8 Å². The third-order valence-corrected chi connectivity index (χ3v) is 4.02. The SMILES string of the molecule is CC[C@H](C(=O)NC(C)C)N(c1ccc(F)cc1)S(C)(=O)=O. The van der Waals surface area contributed by atoms with E-state index < -0.39 is 21.9 Å². The predicted molar refractivity (Wildman–Crippen MR) is 81.1 cm³/mol. The van der Waals surface area contributed by atoms with Gasteiger partial charge in [0.25, 0.3) is 0 Å². The lowest BCUT2D eigenvalue weighted by Gasteiger charge is -2.30. The maximum atomic E-state index is 13.0. The van der Waals surface area contributed by atoms with E-state index in [4.69, 9.17) is 0 Å². The van der Waals surface area contributed by atoms with Gasteiger partial charge in [0.2, 0.25) is 15.9 Å². The highest BCUT2D eigenvalue weighted by atomic mass is 32.2. The summed E-state index contributed by atoms with van der Waals surface area (Å²) in [5.74, 6) is -0.839. The van der Waals surface area contributed by atoms with Crippen molar-refractivity contribution in [1.29, 1.82) is 0 Å². The molecule has 21 heavy (non-hydrogen) atoms. The van der Waals surface area contributed by atoms with Gasteiger partial charge in [-0.3, -0.25) is 9.10 Å².